The molecule has 0 saturated heterocycles. The van der Waals surface area contributed by atoms with E-state index >= 15 is 0 Å². The largest absolute Gasteiger partial charge is 0.481 e. The van der Waals surface area contributed by atoms with Gasteiger partial charge in [0.2, 0.25) is 0 Å². The van der Waals surface area contributed by atoms with Gasteiger partial charge < -0.3 is 15.3 Å². The normalized spacial score (nSPS) is 17.6. The van der Waals surface area contributed by atoms with E-state index in [-0.39, 0.29) is 0 Å². The SMILES string of the molecule is O=C(O)CCC1=CCCCC1.O=C(O)CCC1=CCCCC1.O=C(O)CCC1=CCCCC1. The Bertz CT molecular complexity index is 606. The molecule has 0 saturated carbocycles. The lowest BCUT2D eigenvalue weighted by Gasteiger charge is -2.10. The highest BCUT2D eigenvalue weighted by atomic mass is 16.4. The summed E-state index contributed by atoms with van der Waals surface area (Å²) < 4.78 is 0. The zero-order valence-corrected chi connectivity index (χ0v) is 20.0. The molecule has 0 radical (unpaired) electrons. The number of aliphatic carboxylic acids is 3. The summed E-state index contributed by atoms with van der Waals surface area (Å²) >= 11 is 0. The van der Waals surface area contributed by atoms with Crippen molar-refractivity contribution in [1.29, 1.82) is 0 Å². The maximum absolute atomic E-state index is 10.2. The van der Waals surface area contributed by atoms with Gasteiger partial charge in [0.05, 0.1) is 0 Å². The lowest BCUT2D eigenvalue weighted by Crippen LogP contribution is -1.98. The number of hydrogen-bond acceptors (Lipinski definition) is 3. The molecule has 0 amide bonds. The minimum atomic E-state index is -0.684. The molecule has 3 N–H and O–H groups in total. The van der Waals surface area contributed by atoms with E-state index in [0.717, 1.165) is 57.8 Å². The molecule has 0 unspecified atom stereocenters. The summed E-state index contributed by atoms with van der Waals surface area (Å²) in [6, 6.07) is 0. The second kappa shape index (κ2) is 18.1. The van der Waals surface area contributed by atoms with Crippen molar-refractivity contribution < 1.29 is 29.7 Å². The van der Waals surface area contributed by atoms with Crippen molar-refractivity contribution in [3.05, 3.63) is 34.9 Å². The highest BCUT2D eigenvalue weighted by molar-refractivity contribution is 5.67. The molecule has 0 aromatic heterocycles. The van der Waals surface area contributed by atoms with Crippen LogP contribution in [0.1, 0.15) is 116 Å². The highest BCUT2D eigenvalue weighted by Crippen LogP contribution is 2.22. The Morgan fingerprint density at radius 3 is 0.970 bits per heavy atom. The minimum absolute atomic E-state index is 0.297. The van der Waals surface area contributed by atoms with Crippen molar-refractivity contribution in [2.24, 2.45) is 0 Å². The third-order valence-electron chi connectivity index (χ3n) is 6.14. The maximum atomic E-state index is 10.2. The van der Waals surface area contributed by atoms with E-state index < -0.39 is 17.9 Å². The van der Waals surface area contributed by atoms with Gasteiger partial charge in [0.15, 0.2) is 0 Å². The van der Waals surface area contributed by atoms with E-state index in [1.165, 1.54) is 55.2 Å². The summed E-state index contributed by atoms with van der Waals surface area (Å²) in [5.41, 5.74) is 4.04. The van der Waals surface area contributed by atoms with E-state index in [1.54, 1.807) is 0 Å². The predicted molar refractivity (Wildman–Crippen MR) is 130 cm³/mol. The van der Waals surface area contributed by atoms with Gasteiger partial charge in [-0.2, -0.15) is 0 Å². The van der Waals surface area contributed by atoms with Crippen molar-refractivity contribution in [1.82, 2.24) is 0 Å². The number of hydrogen-bond donors (Lipinski definition) is 3. The first-order valence-electron chi connectivity index (χ1n) is 12.6. The third kappa shape index (κ3) is 16.9. The molecule has 0 atom stereocenters. The standard InChI is InChI=1S/3C9H14O2/c3*10-9(11)7-6-8-4-2-1-3-5-8/h3*4H,1-3,5-7H2,(H,10,11). The molecule has 186 valence electrons. The Balaban J connectivity index is 0.000000247. The van der Waals surface area contributed by atoms with Gasteiger partial charge in [0.25, 0.3) is 0 Å². The number of carboxylic acids is 3. The van der Waals surface area contributed by atoms with Crippen LogP contribution in [0.4, 0.5) is 0 Å². The van der Waals surface area contributed by atoms with E-state index in [9.17, 15) is 14.4 Å². The summed E-state index contributed by atoms with van der Waals surface area (Å²) in [4.78, 5) is 30.6. The average molecular weight is 463 g/mol. The predicted octanol–water partition coefficient (Wildman–Crippen LogP) is 7.05. The number of rotatable bonds is 9. The summed E-state index contributed by atoms with van der Waals surface area (Å²) in [6.45, 7) is 0. The van der Waals surface area contributed by atoms with Crippen molar-refractivity contribution >= 4 is 17.9 Å². The Morgan fingerprint density at radius 2 is 0.788 bits per heavy atom. The van der Waals surface area contributed by atoms with Crippen LogP contribution < -0.4 is 0 Å². The van der Waals surface area contributed by atoms with Crippen LogP contribution in [-0.4, -0.2) is 33.2 Å². The number of carboxylic acid groups (broad SMARTS) is 3. The molecular formula is C27H42O6. The minimum Gasteiger partial charge on any atom is -0.481 e. The number of carbonyl (C=O) groups is 3. The van der Waals surface area contributed by atoms with E-state index in [0.29, 0.717) is 19.3 Å². The molecular weight excluding hydrogens is 420 g/mol. The summed E-state index contributed by atoms with van der Waals surface area (Å²) in [5, 5.41) is 25.3. The van der Waals surface area contributed by atoms with Gasteiger partial charge in [-0.3, -0.25) is 14.4 Å². The van der Waals surface area contributed by atoms with Gasteiger partial charge in [-0.05, 0) is 96.3 Å². The van der Waals surface area contributed by atoms with Crippen molar-refractivity contribution in [3.8, 4) is 0 Å². The van der Waals surface area contributed by atoms with Gasteiger partial charge >= 0.3 is 17.9 Å². The second-order valence-corrected chi connectivity index (χ2v) is 9.01. The molecule has 3 aliphatic carbocycles. The van der Waals surface area contributed by atoms with Crippen LogP contribution in [0.15, 0.2) is 34.9 Å². The second-order valence-electron chi connectivity index (χ2n) is 9.01. The average Bonchev–Trinajstić information content (AvgIpc) is 2.83. The zero-order valence-electron chi connectivity index (χ0n) is 20.0. The third-order valence-corrected chi connectivity index (χ3v) is 6.14. The smallest absolute Gasteiger partial charge is 0.303 e. The van der Waals surface area contributed by atoms with Crippen molar-refractivity contribution in [2.75, 3.05) is 0 Å². The summed E-state index contributed by atoms with van der Waals surface area (Å²) in [6.07, 6.45) is 24.1. The molecule has 0 bridgehead atoms. The van der Waals surface area contributed by atoms with Gasteiger partial charge in [0.1, 0.15) is 0 Å². The molecule has 0 heterocycles. The van der Waals surface area contributed by atoms with Crippen LogP contribution in [-0.2, 0) is 14.4 Å². The molecule has 0 aromatic carbocycles. The maximum Gasteiger partial charge on any atom is 0.303 e. The van der Waals surface area contributed by atoms with Crippen LogP contribution in [0.2, 0.25) is 0 Å². The molecule has 0 aromatic rings. The van der Waals surface area contributed by atoms with Gasteiger partial charge in [-0.25, -0.2) is 0 Å². The Kier molecular flexibility index (Phi) is 15.7. The van der Waals surface area contributed by atoms with Crippen LogP contribution in [0.5, 0.6) is 0 Å². The fourth-order valence-corrected chi connectivity index (χ4v) is 4.20. The first-order chi connectivity index (χ1) is 15.9. The van der Waals surface area contributed by atoms with Gasteiger partial charge in [-0.1, -0.05) is 34.9 Å². The molecule has 3 aliphatic rings. The molecule has 6 heteroatoms. The van der Waals surface area contributed by atoms with E-state index in [2.05, 4.69) is 18.2 Å². The summed E-state index contributed by atoms with van der Waals surface area (Å²) in [5.74, 6) is -2.05. The Labute approximate surface area is 198 Å². The lowest BCUT2D eigenvalue weighted by atomic mass is 9.96. The van der Waals surface area contributed by atoms with Crippen molar-refractivity contribution in [3.63, 3.8) is 0 Å². The Hall–Kier alpha value is -2.37. The quantitative estimate of drug-likeness (QED) is 0.316. The molecule has 6 nitrogen and oxygen atoms in total. The topological polar surface area (TPSA) is 112 Å². The number of allylic oxidation sites excluding steroid dienone is 6. The van der Waals surface area contributed by atoms with Gasteiger partial charge in [-0.15, -0.1) is 0 Å². The van der Waals surface area contributed by atoms with Crippen molar-refractivity contribution in [2.45, 2.75) is 116 Å². The highest BCUT2D eigenvalue weighted by Gasteiger charge is 2.06. The molecule has 0 aliphatic heterocycles. The monoisotopic (exact) mass is 462 g/mol. The lowest BCUT2D eigenvalue weighted by molar-refractivity contribution is -0.138. The fourth-order valence-electron chi connectivity index (χ4n) is 4.20. The first kappa shape index (κ1) is 28.7. The van der Waals surface area contributed by atoms with Gasteiger partial charge in [0, 0.05) is 19.3 Å². The van der Waals surface area contributed by atoms with E-state index in [4.69, 9.17) is 15.3 Å². The molecule has 0 spiro atoms. The first-order valence-corrected chi connectivity index (χ1v) is 12.6. The fraction of sp³-hybridized carbons (Fsp3) is 0.667. The Morgan fingerprint density at radius 1 is 0.515 bits per heavy atom. The van der Waals surface area contributed by atoms with E-state index in [1.807, 2.05) is 0 Å². The van der Waals surface area contributed by atoms with Crippen LogP contribution in [0, 0.1) is 0 Å². The van der Waals surface area contributed by atoms with Crippen LogP contribution in [0.25, 0.3) is 0 Å². The summed E-state index contributed by atoms with van der Waals surface area (Å²) in [7, 11) is 0. The van der Waals surface area contributed by atoms with Crippen LogP contribution >= 0.6 is 0 Å². The molecule has 3 rings (SSSR count). The zero-order chi connectivity index (χ0) is 24.3. The molecule has 33 heavy (non-hydrogen) atoms. The molecule has 0 fully saturated rings. The van der Waals surface area contributed by atoms with Crippen LogP contribution in [0.3, 0.4) is 0 Å².